The summed E-state index contributed by atoms with van der Waals surface area (Å²) >= 11 is 0. The summed E-state index contributed by atoms with van der Waals surface area (Å²) in [7, 11) is 0. The summed E-state index contributed by atoms with van der Waals surface area (Å²) < 4.78 is 0. The smallest absolute Gasteiger partial charge is 0.0210 e. The van der Waals surface area contributed by atoms with Crippen LogP contribution in [0.4, 0.5) is 0 Å². The molecule has 0 aromatic heterocycles. The molecule has 1 atom stereocenters. The lowest BCUT2D eigenvalue weighted by Gasteiger charge is -2.08. The van der Waals surface area contributed by atoms with Crippen molar-refractivity contribution in [2.45, 2.75) is 19.8 Å². The zero-order chi connectivity index (χ0) is 6.97. The first-order valence-electron chi connectivity index (χ1n) is 4.01. The highest BCUT2D eigenvalue weighted by atomic mass is 14.9. The van der Waals surface area contributed by atoms with Crippen LogP contribution in [-0.4, -0.2) is 6.54 Å². The van der Waals surface area contributed by atoms with E-state index in [1.165, 1.54) is 18.5 Å². The molecule has 0 saturated heterocycles. The minimum atomic E-state index is 0.742. The fraction of sp³-hybridized carbons (Fsp3) is 0.556. The van der Waals surface area contributed by atoms with E-state index in [2.05, 4.69) is 24.4 Å². The largest absolute Gasteiger partial charge is 0.388 e. The number of rotatable bonds is 0. The molecule has 10 heavy (non-hydrogen) atoms. The highest BCUT2D eigenvalue weighted by Gasteiger charge is 2.19. The zero-order valence-corrected chi connectivity index (χ0v) is 6.35. The lowest BCUT2D eigenvalue weighted by molar-refractivity contribution is 0.697. The molecule has 0 amide bonds. The number of nitrogens with one attached hydrogen (secondary N) is 1. The van der Waals surface area contributed by atoms with E-state index in [1.807, 2.05) is 0 Å². The van der Waals surface area contributed by atoms with Crippen LogP contribution in [0, 0.1) is 5.92 Å². The van der Waals surface area contributed by atoms with Gasteiger partial charge in [-0.3, -0.25) is 0 Å². The SMILES string of the molecule is CC1CNC2=C1C=CCC2. The van der Waals surface area contributed by atoms with E-state index in [-0.39, 0.29) is 0 Å². The Hall–Kier alpha value is -0.720. The van der Waals surface area contributed by atoms with E-state index in [1.54, 1.807) is 5.57 Å². The molecule has 1 nitrogen and oxygen atoms in total. The lowest BCUT2D eigenvalue weighted by Crippen LogP contribution is -2.09. The van der Waals surface area contributed by atoms with Crippen molar-refractivity contribution in [2.75, 3.05) is 6.54 Å². The molecular weight excluding hydrogens is 122 g/mol. The van der Waals surface area contributed by atoms with Gasteiger partial charge in [-0.15, -0.1) is 0 Å². The number of allylic oxidation sites excluding steroid dienone is 3. The van der Waals surface area contributed by atoms with Crippen molar-refractivity contribution in [2.24, 2.45) is 5.92 Å². The monoisotopic (exact) mass is 135 g/mol. The van der Waals surface area contributed by atoms with Gasteiger partial charge >= 0.3 is 0 Å². The van der Waals surface area contributed by atoms with Gasteiger partial charge in [0, 0.05) is 18.2 Å². The third-order valence-corrected chi connectivity index (χ3v) is 2.36. The maximum atomic E-state index is 3.44. The third kappa shape index (κ3) is 0.772. The standard InChI is InChI=1S/C9H13N/c1-7-6-10-9-5-3-2-4-8(7)9/h2,4,7,10H,3,5-6H2,1H3. The topological polar surface area (TPSA) is 12.0 Å². The second kappa shape index (κ2) is 2.15. The Morgan fingerprint density at radius 1 is 1.60 bits per heavy atom. The molecule has 54 valence electrons. The predicted molar refractivity (Wildman–Crippen MR) is 42.6 cm³/mol. The van der Waals surface area contributed by atoms with Crippen molar-refractivity contribution >= 4 is 0 Å². The first-order chi connectivity index (χ1) is 4.88. The minimum Gasteiger partial charge on any atom is -0.388 e. The Bertz CT molecular complexity index is 201. The fourth-order valence-corrected chi connectivity index (χ4v) is 1.72. The third-order valence-electron chi connectivity index (χ3n) is 2.36. The molecule has 1 aliphatic heterocycles. The summed E-state index contributed by atoms with van der Waals surface area (Å²) in [5.74, 6) is 0.742. The molecule has 1 aliphatic carbocycles. The summed E-state index contributed by atoms with van der Waals surface area (Å²) in [5, 5.41) is 3.44. The molecule has 1 unspecified atom stereocenters. The van der Waals surface area contributed by atoms with E-state index in [0.717, 1.165) is 12.5 Å². The quantitative estimate of drug-likeness (QED) is 0.534. The summed E-state index contributed by atoms with van der Waals surface area (Å²) in [6, 6.07) is 0. The minimum absolute atomic E-state index is 0.742. The molecule has 0 radical (unpaired) electrons. The van der Waals surface area contributed by atoms with Gasteiger partial charge in [-0.25, -0.2) is 0 Å². The van der Waals surface area contributed by atoms with E-state index in [9.17, 15) is 0 Å². The molecule has 2 aliphatic rings. The van der Waals surface area contributed by atoms with E-state index in [4.69, 9.17) is 0 Å². The van der Waals surface area contributed by atoms with Crippen molar-refractivity contribution in [3.63, 3.8) is 0 Å². The van der Waals surface area contributed by atoms with Gasteiger partial charge in [0.15, 0.2) is 0 Å². The van der Waals surface area contributed by atoms with Crippen LogP contribution < -0.4 is 5.32 Å². The second-order valence-corrected chi connectivity index (χ2v) is 3.16. The average molecular weight is 135 g/mol. The molecule has 0 bridgehead atoms. The molecule has 1 heteroatoms. The predicted octanol–water partition coefficient (Wildman–Crippen LogP) is 1.83. The molecule has 2 rings (SSSR count). The molecule has 0 spiro atoms. The molecule has 0 aromatic rings. The van der Waals surface area contributed by atoms with Crippen molar-refractivity contribution in [1.82, 2.24) is 5.32 Å². The fourth-order valence-electron chi connectivity index (χ4n) is 1.72. The van der Waals surface area contributed by atoms with Crippen LogP contribution in [0.25, 0.3) is 0 Å². The van der Waals surface area contributed by atoms with Crippen LogP contribution in [0.5, 0.6) is 0 Å². The van der Waals surface area contributed by atoms with E-state index >= 15 is 0 Å². The van der Waals surface area contributed by atoms with Gasteiger partial charge in [0.2, 0.25) is 0 Å². The van der Waals surface area contributed by atoms with Gasteiger partial charge < -0.3 is 5.32 Å². The summed E-state index contributed by atoms with van der Waals surface area (Å²) in [5.41, 5.74) is 3.04. The van der Waals surface area contributed by atoms with Crippen LogP contribution in [0.1, 0.15) is 19.8 Å². The van der Waals surface area contributed by atoms with Gasteiger partial charge in [0.25, 0.3) is 0 Å². The zero-order valence-electron chi connectivity index (χ0n) is 6.35. The maximum Gasteiger partial charge on any atom is 0.0210 e. The van der Waals surface area contributed by atoms with Crippen LogP contribution in [0.3, 0.4) is 0 Å². The summed E-state index contributed by atoms with van der Waals surface area (Å²) in [4.78, 5) is 0. The van der Waals surface area contributed by atoms with Gasteiger partial charge in [-0.1, -0.05) is 19.1 Å². The lowest BCUT2D eigenvalue weighted by atomic mass is 9.97. The van der Waals surface area contributed by atoms with Crippen molar-refractivity contribution in [3.05, 3.63) is 23.4 Å². The molecule has 0 fully saturated rings. The van der Waals surface area contributed by atoms with Crippen LogP contribution in [0.2, 0.25) is 0 Å². The van der Waals surface area contributed by atoms with E-state index < -0.39 is 0 Å². The normalized spacial score (nSPS) is 30.3. The Balaban J connectivity index is 2.30. The number of hydrogen-bond acceptors (Lipinski definition) is 1. The highest BCUT2D eigenvalue weighted by molar-refractivity contribution is 5.34. The molecule has 1 heterocycles. The maximum absolute atomic E-state index is 3.44. The average Bonchev–Trinajstić information content (AvgIpc) is 2.34. The van der Waals surface area contributed by atoms with Gasteiger partial charge in [-0.05, 0) is 18.4 Å². The van der Waals surface area contributed by atoms with Crippen LogP contribution in [-0.2, 0) is 0 Å². The van der Waals surface area contributed by atoms with Gasteiger partial charge in [0.1, 0.15) is 0 Å². The van der Waals surface area contributed by atoms with Crippen LogP contribution in [0.15, 0.2) is 23.4 Å². The summed E-state index contributed by atoms with van der Waals surface area (Å²) in [6.07, 6.45) is 7.01. The molecule has 0 aromatic carbocycles. The Kier molecular flexibility index (Phi) is 1.30. The van der Waals surface area contributed by atoms with Gasteiger partial charge in [0.05, 0.1) is 0 Å². The van der Waals surface area contributed by atoms with Crippen molar-refractivity contribution in [3.8, 4) is 0 Å². The summed E-state index contributed by atoms with van der Waals surface area (Å²) in [6.45, 7) is 3.43. The van der Waals surface area contributed by atoms with Crippen LogP contribution >= 0.6 is 0 Å². The first-order valence-corrected chi connectivity index (χ1v) is 4.01. The molecule has 0 saturated carbocycles. The second-order valence-electron chi connectivity index (χ2n) is 3.16. The van der Waals surface area contributed by atoms with Crippen molar-refractivity contribution in [1.29, 1.82) is 0 Å². The molecular formula is C9H13N. The Labute approximate surface area is 61.8 Å². The Morgan fingerprint density at radius 2 is 2.50 bits per heavy atom. The number of hydrogen-bond donors (Lipinski definition) is 1. The van der Waals surface area contributed by atoms with Gasteiger partial charge in [-0.2, -0.15) is 0 Å². The highest BCUT2D eigenvalue weighted by Crippen LogP contribution is 2.27. The molecule has 1 N–H and O–H groups in total. The van der Waals surface area contributed by atoms with E-state index in [0.29, 0.717) is 0 Å². The van der Waals surface area contributed by atoms with Crippen molar-refractivity contribution < 1.29 is 0 Å². The Morgan fingerprint density at radius 3 is 3.30 bits per heavy atom. The first kappa shape index (κ1) is 6.02.